The number of rotatable bonds is 3. The van der Waals surface area contributed by atoms with Crippen LogP contribution < -0.4 is 8.92 Å². The largest absolute Gasteiger partial charge is 0.534 e. The van der Waals surface area contributed by atoms with Crippen LogP contribution in [0.15, 0.2) is 18.2 Å². The molecule has 0 amide bonds. The van der Waals surface area contributed by atoms with Gasteiger partial charge in [-0.2, -0.15) is 21.6 Å². The third kappa shape index (κ3) is 3.40. The van der Waals surface area contributed by atoms with E-state index in [1.54, 1.807) is 0 Å². The Bertz CT molecular complexity index is 512. The molecule has 0 spiro atoms. The van der Waals surface area contributed by atoms with Gasteiger partial charge in [-0.05, 0) is 6.07 Å². The highest BCUT2D eigenvalue weighted by atomic mass is 35.5. The lowest BCUT2D eigenvalue weighted by molar-refractivity contribution is -0.0500. The van der Waals surface area contributed by atoms with Gasteiger partial charge in [0.25, 0.3) is 0 Å². The van der Waals surface area contributed by atoms with E-state index in [1.807, 2.05) is 0 Å². The van der Waals surface area contributed by atoms with E-state index < -0.39 is 21.4 Å². The molecule has 0 aromatic heterocycles. The van der Waals surface area contributed by atoms with Gasteiger partial charge in [0, 0.05) is 17.2 Å². The fourth-order valence-electron chi connectivity index (χ4n) is 0.877. The molecule has 0 bridgehead atoms. The van der Waals surface area contributed by atoms with Gasteiger partial charge < -0.3 is 8.92 Å². The zero-order chi connectivity index (χ0) is 13.3. The van der Waals surface area contributed by atoms with Crippen molar-refractivity contribution in [2.24, 2.45) is 0 Å². The lowest BCUT2D eigenvalue weighted by atomic mass is 10.3. The highest BCUT2D eigenvalue weighted by molar-refractivity contribution is 7.88. The van der Waals surface area contributed by atoms with E-state index in [0.717, 1.165) is 12.1 Å². The van der Waals surface area contributed by atoms with E-state index in [0.29, 0.717) is 0 Å². The summed E-state index contributed by atoms with van der Waals surface area (Å²) < 4.78 is 66.0. The van der Waals surface area contributed by atoms with E-state index in [-0.39, 0.29) is 10.8 Å². The first-order chi connectivity index (χ1) is 7.65. The van der Waals surface area contributed by atoms with Crippen molar-refractivity contribution in [2.75, 3.05) is 7.11 Å². The maximum atomic E-state index is 12.0. The first kappa shape index (κ1) is 13.9. The van der Waals surface area contributed by atoms with Crippen LogP contribution in [-0.2, 0) is 10.1 Å². The third-order valence-electron chi connectivity index (χ3n) is 1.57. The smallest absolute Gasteiger partial charge is 0.497 e. The molecule has 1 aromatic carbocycles. The molecule has 4 nitrogen and oxygen atoms in total. The van der Waals surface area contributed by atoms with E-state index in [2.05, 4.69) is 4.18 Å². The molecule has 0 saturated heterocycles. The van der Waals surface area contributed by atoms with Crippen LogP contribution in [0.25, 0.3) is 0 Å². The molecule has 0 aliphatic heterocycles. The topological polar surface area (TPSA) is 52.6 Å². The second kappa shape index (κ2) is 4.61. The number of methoxy groups -OCH3 is 1. The van der Waals surface area contributed by atoms with E-state index in [9.17, 15) is 21.6 Å². The maximum absolute atomic E-state index is 12.0. The molecule has 17 heavy (non-hydrogen) atoms. The van der Waals surface area contributed by atoms with E-state index in [4.69, 9.17) is 16.3 Å². The molecule has 0 atom stereocenters. The summed E-state index contributed by atoms with van der Waals surface area (Å²) in [6, 6.07) is 3.18. The molecule has 0 radical (unpaired) electrons. The number of hydrogen-bond acceptors (Lipinski definition) is 4. The van der Waals surface area contributed by atoms with Crippen molar-refractivity contribution < 1.29 is 30.5 Å². The molecule has 0 fully saturated rings. The Balaban J connectivity index is 3.08. The number of hydrogen-bond donors (Lipinski definition) is 0. The number of alkyl halides is 3. The van der Waals surface area contributed by atoms with Gasteiger partial charge >= 0.3 is 15.6 Å². The van der Waals surface area contributed by atoms with Crippen LogP contribution in [0, 0.1) is 0 Å². The summed E-state index contributed by atoms with van der Waals surface area (Å²) in [4.78, 5) is 0. The summed E-state index contributed by atoms with van der Waals surface area (Å²) in [6.07, 6.45) is 0. The second-order valence-corrected chi connectivity index (χ2v) is 4.78. The highest BCUT2D eigenvalue weighted by Crippen LogP contribution is 2.31. The molecule has 96 valence electrons. The van der Waals surface area contributed by atoms with Crippen molar-refractivity contribution in [3.8, 4) is 11.5 Å². The molecule has 0 heterocycles. The van der Waals surface area contributed by atoms with Crippen molar-refractivity contribution in [1.82, 2.24) is 0 Å². The van der Waals surface area contributed by atoms with Crippen molar-refractivity contribution in [2.45, 2.75) is 5.51 Å². The molecule has 0 saturated carbocycles. The Labute approximate surface area is 100 Å². The van der Waals surface area contributed by atoms with Crippen LogP contribution in [0.3, 0.4) is 0 Å². The normalized spacial score (nSPS) is 12.3. The lowest BCUT2D eigenvalue weighted by Gasteiger charge is -2.10. The van der Waals surface area contributed by atoms with Gasteiger partial charge in [-0.25, -0.2) is 0 Å². The fraction of sp³-hybridized carbons (Fsp3) is 0.250. The number of halogens is 4. The van der Waals surface area contributed by atoms with Crippen molar-refractivity contribution >= 4 is 21.7 Å². The number of ether oxygens (including phenoxy) is 1. The quantitative estimate of drug-likeness (QED) is 0.634. The summed E-state index contributed by atoms with van der Waals surface area (Å²) in [5.41, 5.74) is -5.50. The Morgan fingerprint density at radius 2 is 1.71 bits per heavy atom. The third-order valence-corrected chi connectivity index (χ3v) is 2.77. The zero-order valence-electron chi connectivity index (χ0n) is 8.29. The van der Waals surface area contributed by atoms with Crippen LogP contribution in [-0.4, -0.2) is 21.0 Å². The van der Waals surface area contributed by atoms with Gasteiger partial charge in [0.15, 0.2) is 0 Å². The minimum Gasteiger partial charge on any atom is -0.497 e. The lowest BCUT2D eigenvalue weighted by Crippen LogP contribution is -2.28. The van der Waals surface area contributed by atoms with Gasteiger partial charge in [0.2, 0.25) is 0 Å². The Morgan fingerprint density at radius 3 is 2.18 bits per heavy atom. The molecule has 0 aliphatic rings. The monoisotopic (exact) mass is 290 g/mol. The van der Waals surface area contributed by atoms with Gasteiger partial charge in [0.1, 0.15) is 11.5 Å². The van der Waals surface area contributed by atoms with Crippen LogP contribution >= 0.6 is 11.6 Å². The van der Waals surface area contributed by atoms with Crippen molar-refractivity contribution in [3.05, 3.63) is 23.2 Å². The van der Waals surface area contributed by atoms with Crippen LogP contribution in [0.1, 0.15) is 0 Å². The van der Waals surface area contributed by atoms with Crippen molar-refractivity contribution in [3.63, 3.8) is 0 Å². The zero-order valence-corrected chi connectivity index (χ0v) is 9.86. The predicted molar refractivity (Wildman–Crippen MR) is 53.6 cm³/mol. The predicted octanol–water partition coefficient (Wildman–Crippen LogP) is 2.58. The Hall–Kier alpha value is -1.15. The molecule has 0 aliphatic carbocycles. The Morgan fingerprint density at radius 1 is 1.18 bits per heavy atom. The molecule has 1 aromatic rings. The SMILES string of the molecule is COc1cc(Cl)cc(OS(=O)(=O)C(F)(F)F)c1. The minimum atomic E-state index is -5.71. The molecular weight excluding hydrogens is 285 g/mol. The van der Waals surface area contributed by atoms with Gasteiger partial charge in [0.05, 0.1) is 7.11 Å². The van der Waals surface area contributed by atoms with Crippen LogP contribution in [0.5, 0.6) is 11.5 Å². The standard InChI is InChI=1S/C8H6ClF3O4S/c1-15-6-2-5(9)3-7(4-6)16-17(13,14)8(10,11)12/h2-4H,1H3. The minimum absolute atomic E-state index is 0.0169. The summed E-state index contributed by atoms with van der Waals surface area (Å²) in [5, 5.41) is -0.0169. The summed E-state index contributed by atoms with van der Waals surface area (Å²) in [7, 11) is -4.46. The fourth-order valence-corrected chi connectivity index (χ4v) is 1.54. The second-order valence-electron chi connectivity index (χ2n) is 2.81. The molecule has 0 unspecified atom stereocenters. The van der Waals surface area contributed by atoms with E-state index in [1.165, 1.54) is 13.2 Å². The maximum Gasteiger partial charge on any atom is 0.534 e. The molecule has 9 heteroatoms. The summed E-state index contributed by atoms with van der Waals surface area (Å²) in [5.74, 6) is -0.503. The average Bonchev–Trinajstić information content (AvgIpc) is 2.14. The molecule has 1 rings (SSSR count). The highest BCUT2D eigenvalue weighted by Gasteiger charge is 2.48. The van der Waals surface area contributed by atoms with Gasteiger partial charge in [-0.3, -0.25) is 0 Å². The van der Waals surface area contributed by atoms with Crippen LogP contribution in [0.4, 0.5) is 13.2 Å². The summed E-state index contributed by atoms with van der Waals surface area (Å²) in [6.45, 7) is 0. The molecule has 0 N–H and O–H groups in total. The Kier molecular flexibility index (Phi) is 3.78. The van der Waals surface area contributed by atoms with E-state index >= 15 is 0 Å². The first-order valence-electron chi connectivity index (χ1n) is 4.01. The van der Waals surface area contributed by atoms with Crippen molar-refractivity contribution in [1.29, 1.82) is 0 Å². The number of benzene rings is 1. The van der Waals surface area contributed by atoms with Gasteiger partial charge in [-0.1, -0.05) is 11.6 Å². The first-order valence-corrected chi connectivity index (χ1v) is 5.79. The summed E-state index contributed by atoms with van der Waals surface area (Å²) >= 11 is 5.54. The molecular formula is C8H6ClF3O4S. The average molecular weight is 291 g/mol. The van der Waals surface area contributed by atoms with Gasteiger partial charge in [-0.15, -0.1) is 0 Å². The van der Waals surface area contributed by atoms with Crippen LogP contribution in [0.2, 0.25) is 5.02 Å².